The Morgan fingerprint density at radius 3 is 3.11 bits per heavy atom. The van der Waals surface area contributed by atoms with Gasteiger partial charge in [0.2, 0.25) is 0 Å². The SMILES string of the molecule is C=C(O)CSC1=NN=C(c2ccc3c(c2)N=CC3)C1. The van der Waals surface area contributed by atoms with Crippen molar-refractivity contribution in [2.45, 2.75) is 12.8 Å². The molecule has 0 amide bonds. The van der Waals surface area contributed by atoms with E-state index in [0.29, 0.717) is 12.2 Å². The lowest BCUT2D eigenvalue weighted by molar-refractivity contribution is 0.420. The van der Waals surface area contributed by atoms with Crippen molar-refractivity contribution in [1.82, 2.24) is 0 Å². The normalized spacial score (nSPS) is 16.2. The first-order valence-corrected chi connectivity index (χ1v) is 7.00. The predicted octanol–water partition coefficient (Wildman–Crippen LogP) is 3.26. The van der Waals surface area contributed by atoms with Gasteiger partial charge in [-0.15, -0.1) is 16.9 Å². The van der Waals surface area contributed by atoms with Crippen LogP contribution in [-0.4, -0.2) is 27.8 Å². The molecule has 1 aromatic carbocycles. The molecule has 96 valence electrons. The van der Waals surface area contributed by atoms with Crippen LogP contribution in [0.25, 0.3) is 0 Å². The molecular formula is C14H13N3OS. The molecule has 0 atom stereocenters. The first kappa shape index (κ1) is 12.2. The lowest BCUT2D eigenvalue weighted by Crippen LogP contribution is -2.02. The van der Waals surface area contributed by atoms with E-state index in [1.165, 1.54) is 17.3 Å². The highest BCUT2D eigenvalue weighted by Gasteiger charge is 2.17. The fourth-order valence-electron chi connectivity index (χ4n) is 2.01. The van der Waals surface area contributed by atoms with Crippen LogP contribution in [0, 0.1) is 0 Å². The van der Waals surface area contributed by atoms with Crippen molar-refractivity contribution < 1.29 is 5.11 Å². The third-order valence-corrected chi connectivity index (χ3v) is 4.00. The van der Waals surface area contributed by atoms with Gasteiger partial charge in [0.15, 0.2) is 0 Å². The van der Waals surface area contributed by atoms with E-state index in [-0.39, 0.29) is 5.76 Å². The van der Waals surface area contributed by atoms with Gasteiger partial charge in [-0.05, 0) is 11.6 Å². The van der Waals surface area contributed by atoms with Gasteiger partial charge in [-0.3, -0.25) is 4.99 Å². The van der Waals surface area contributed by atoms with E-state index < -0.39 is 0 Å². The molecule has 2 aliphatic rings. The van der Waals surface area contributed by atoms with Crippen molar-refractivity contribution in [2.75, 3.05) is 5.75 Å². The minimum atomic E-state index is 0.160. The van der Waals surface area contributed by atoms with E-state index in [4.69, 9.17) is 5.11 Å². The molecule has 1 aromatic rings. The fraction of sp³-hybridized carbons (Fsp3) is 0.214. The Morgan fingerprint density at radius 1 is 1.37 bits per heavy atom. The summed E-state index contributed by atoms with van der Waals surface area (Å²) >= 11 is 1.47. The van der Waals surface area contributed by atoms with Crippen LogP contribution in [0.4, 0.5) is 5.69 Å². The molecule has 0 saturated carbocycles. The number of aliphatic imine (C=N–C) groups is 1. The summed E-state index contributed by atoms with van der Waals surface area (Å²) in [4.78, 5) is 4.34. The summed E-state index contributed by atoms with van der Waals surface area (Å²) in [6.45, 7) is 3.46. The average molecular weight is 271 g/mol. The van der Waals surface area contributed by atoms with Crippen molar-refractivity contribution in [3.63, 3.8) is 0 Å². The molecule has 2 heterocycles. The van der Waals surface area contributed by atoms with Gasteiger partial charge in [-0.1, -0.05) is 18.7 Å². The highest BCUT2D eigenvalue weighted by atomic mass is 32.2. The minimum Gasteiger partial charge on any atom is -0.512 e. The standard InChI is InChI=1S/C14H13N3OS/c1-9(18)8-19-14-7-13(16-17-14)11-3-2-10-4-5-15-12(10)6-11/h2-3,5-6,18H,1,4,7-8H2. The summed E-state index contributed by atoms with van der Waals surface area (Å²) in [6.07, 6.45) is 3.55. The number of fused-ring (bicyclic) bond motifs is 1. The molecule has 0 radical (unpaired) electrons. The Bertz CT molecular complexity index is 632. The summed E-state index contributed by atoms with van der Waals surface area (Å²) in [5.41, 5.74) is 4.32. The smallest absolute Gasteiger partial charge is 0.102 e. The molecule has 2 aliphatic heterocycles. The molecule has 0 aliphatic carbocycles. The van der Waals surface area contributed by atoms with Gasteiger partial charge < -0.3 is 5.11 Å². The molecule has 0 spiro atoms. The topological polar surface area (TPSA) is 57.3 Å². The molecule has 0 bridgehead atoms. The fourth-order valence-corrected chi connectivity index (χ4v) is 2.69. The Kier molecular flexibility index (Phi) is 3.21. The third-order valence-electron chi connectivity index (χ3n) is 2.97. The number of nitrogens with zero attached hydrogens (tertiary/aromatic N) is 3. The van der Waals surface area contributed by atoms with Crippen LogP contribution < -0.4 is 0 Å². The number of hydrogen-bond acceptors (Lipinski definition) is 5. The molecule has 1 N–H and O–H groups in total. The molecule has 0 aromatic heterocycles. The number of aliphatic hydroxyl groups excluding tert-OH is 1. The second-order valence-corrected chi connectivity index (χ2v) is 5.48. The molecule has 0 saturated heterocycles. The Labute approximate surface area is 115 Å². The summed E-state index contributed by atoms with van der Waals surface area (Å²) in [6, 6.07) is 6.23. The van der Waals surface area contributed by atoms with E-state index in [9.17, 15) is 0 Å². The van der Waals surface area contributed by atoms with Gasteiger partial charge in [-0.2, -0.15) is 5.10 Å². The van der Waals surface area contributed by atoms with E-state index in [0.717, 1.165) is 28.4 Å². The number of rotatable bonds is 3. The zero-order valence-corrected chi connectivity index (χ0v) is 11.2. The molecular weight excluding hydrogens is 258 g/mol. The van der Waals surface area contributed by atoms with Crippen LogP contribution in [0.15, 0.2) is 45.7 Å². The second kappa shape index (κ2) is 5.01. The molecule has 4 nitrogen and oxygen atoms in total. The Morgan fingerprint density at radius 2 is 2.26 bits per heavy atom. The molecule has 3 rings (SSSR count). The number of thioether (sulfide) groups is 1. The highest BCUT2D eigenvalue weighted by molar-refractivity contribution is 8.14. The predicted molar refractivity (Wildman–Crippen MR) is 81.1 cm³/mol. The van der Waals surface area contributed by atoms with Crippen molar-refractivity contribution >= 4 is 34.4 Å². The van der Waals surface area contributed by atoms with Gasteiger partial charge in [0, 0.05) is 24.6 Å². The number of benzene rings is 1. The van der Waals surface area contributed by atoms with E-state index in [2.05, 4.69) is 40.0 Å². The lowest BCUT2D eigenvalue weighted by Gasteiger charge is -2.03. The maximum absolute atomic E-state index is 9.08. The van der Waals surface area contributed by atoms with Gasteiger partial charge in [-0.25, -0.2) is 0 Å². The molecule has 5 heteroatoms. The summed E-state index contributed by atoms with van der Waals surface area (Å²) in [5.74, 6) is 0.629. The van der Waals surface area contributed by atoms with Gasteiger partial charge in [0.1, 0.15) is 5.04 Å². The summed E-state index contributed by atoms with van der Waals surface area (Å²) in [7, 11) is 0. The second-order valence-electron chi connectivity index (χ2n) is 4.43. The largest absolute Gasteiger partial charge is 0.512 e. The minimum absolute atomic E-state index is 0.160. The zero-order valence-electron chi connectivity index (χ0n) is 10.3. The number of hydrogen-bond donors (Lipinski definition) is 1. The number of aliphatic hydroxyl groups is 1. The van der Waals surface area contributed by atoms with Crippen LogP contribution in [0.2, 0.25) is 0 Å². The highest BCUT2D eigenvalue weighted by Crippen LogP contribution is 2.27. The van der Waals surface area contributed by atoms with Crippen LogP contribution >= 0.6 is 11.8 Å². The monoisotopic (exact) mass is 271 g/mol. The Hall–Kier alpha value is -1.88. The van der Waals surface area contributed by atoms with Crippen LogP contribution in [-0.2, 0) is 6.42 Å². The third kappa shape index (κ3) is 2.61. The van der Waals surface area contributed by atoms with E-state index >= 15 is 0 Å². The Balaban J connectivity index is 1.69. The zero-order chi connectivity index (χ0) is 13.2. The van der Waals surface area contributed by atoms with Crippen molar-refractivity contribution in [2.24, 2.45) is 15.2 Å². The van der Waals surface area contributed by atoms with Crippen molar-refractivity contribution in [1.29, 1.82) is 0 Å². The first-order chi connectivity index (χ1) is 9.22. The first-order valence-electron chi connectivity index (χ1n) is 6.01. The van der Waals surface area contributed by atoms with Crippen LogP contribution in [0.1, 0.15) is 17.5 Å². The van der Waals surface area contributed by atoms with Gasteiger partial charge in [0.05, 0.1) is 22.9 Å². The molecule has 0 unspecified atom stereocenters. The summed E-state index contributed by atoms with van der Waals surface area (Å²) in [5, 5.41) is 18.3. The van der Waals surface area contributed by atoms with Gasteiger partial charge >= 0.3 is 0 Å². The maximum Gasteiger partial charge on any atom is 0.102 e. The molecule has 19 heavy (non-hydrogen) atoms. The average Bonchev–Trinajstić information content (AvgIpc) is 3.04. The lowest BCUT2D eigenvalue weighted by atomic mass is 10.0. The summed E-state index contributed by atoms with van der Waals surface area (Å²) < 4.78 is 0. The van der Waals surface area contributed by atoms with Crippen molar-refractivity contribution in [3.8, 4) is 0 Å². The van der Waals surface area contributed by atoms with E-state index in [1.54, 1.807) is 0 Å². The molecule has 0 fully saturated rings. The van der Waals surface area contributed by atoms with Crippen LogP contribution in [0.3, 0.4) is 0 Å². The van der Waals surface area contributed by atoms with Gasteiger partial charge in [0.25, 0.3) is 0 Å². The quantitative estimate of drug-likeness (QED) is 0.858. The van der Waals surface area contributed by atoms with Crippen LogP contribution in [0.5, 0.6) is 0 Å². The van der Waals surface area contributed by atoms with E-state index in [1.807, 2.05) is 6.21 Å². The van der Waals surface area contributed by atoms with Crippen molar-refractivity contribution in [3.05, 3.63) is 41.7 Å². The maximum atomic E-state index is 9.08.